The molecule has 2 atom stereocenters. The van der Waals surface area contributed by atoms with Crippen molar-refractivity contribution in [3.8, 4) is 5.75 Å². The molecule has 1 aliphatic rings. The Balaban J connectivity index is 1.94. The van der Waals surface area contributed by atoms with E-state index < -0.39 is 6.10 Å². The monoisotopic (exact) mass is 292 g/mol. The van der Waals surface area contributed by atoms with Gasteiger partial charge in [0, 0.05) is 25.2 Å². The summed E-state index contributed by atoms with van der Waals surface area (Å²) in [4.78, 5) is 4.71. The van der Waals surface area contributed by atoms with Crippen molar-refractivity contribution in [3.05, 3.63) is 29.8 Å². The Morgan fingerprint density at radius 2 is 1.76 bits per heavy atom. The highest BCUT2D eigenvalue weighted by molar-refractivity contribution is 5.29. The summed E-state index contributed by atoms with van der Waals surface area (Å²) in [5.41, 5.74) is 0.957. The smallest absolute Gasteiger partial charge is 0.118 e. The standard InChI is InChI=1S/C17H28N2O2/c1-13(19-11-9-15(10-12-19)18(2)3)17(20)14-5-7-16(21-4)8-6-14/h5-8,13,15,17,20H,9-12H2,1-4H3. The van der Waals surface area contributed by atoms with Crippen molar-refractivity contribution < 1.29 is 9.84 Å². The van der Waals surface area contributed by atoms with Crippen LogP contribution in [0.1, 0.15) is 31.4 Å². The number of hydrogen-bond donors (Lipinski definition) is 1. The first kappa shape index (κ1) is 16.3. The molecule has 1 aliphatic heterocycles. The lowest BCUT2D eigenvalue weighted by molar-refractivity contribution is 0.0319. The minimum absolute atomic E-state index is 0.140. The molecule has 4 heteroatoms. The third-order valence-corrected chi connectivity index (χ3v) is 4.72. The average Bonchev–Trinajstić information content (AvgIpc) is 2.53. The molecule has 0 saturated carbocycles. The predicted octanol–water partition coefficient (Wildman–Crippen LogP) is 2.14. The highest BCUT2D eigenvalue weighted by Crippen LogP contribution is 2.26. The maximum atomic E-state index is 10.6. The third kappa shape index (κ3) is 3.96. The van der Waals surface area contributed by atoms with Gasteiger partial charge in [-0.15, -0.1) is 0 Å². The second-order valence-electron chi connectivity index (χ2n) is 6.19. The topological polar surface area (TPSA) is 35.9 Å². The van der Waals surface area contributed by atoms with Gasteiger partial charge in [-0.2, -0.15) is 0 Å². The van der Waals surface area contributed by atoms with Crippen LogP contribution >= 0.6 is 0 Å². The van der Waals surface area contributed by atoms with Gasteiger partial charge >= 0.3 is 0 Å². The SMILES string of the molecule is COc1ccc(C(O)C(C)N2CCC(N(C)C)CC2)cc1. The molecule has 2 unspecified atom stereocenters. The van der Waals surface area contributed by atoms with Gasteiger partial charge in [0.15, 0.2) is 0 Å². The van der Waals surface area contributed by atoms with E-state index in [1.165, 1.54) is 12.8 Å². The first-order chi connectivity index (χ1) is 10.0. The Hall–Kier alpha value is -1.10. The van der Waals surface area contributed by atoms with Gasteiger partial charge in [-0.25, -0.2) is 0 Å². The molecule has 0 aromatic heterocycles. The molecule has 21 heavy (non-hydrogen) atoms. The highest BCUT2D eigenvalue weighted by atomic mass is 16.5. The first-order valence-electron chi connectivity index (χ1n) is 7.75. The number of aliphatic hydroxyl groups is 1. The summed E-state index contributed by atoms with van der Waals surface area (Å²) in [5.74, 6) is 0.824. The highest BCUT2D eigenvalue weighted by Gasteiger charge is 2.28. The molecule has 1 saturated heterocycles. The van der Waals surface area contributed by atoms with Gasteiger partial charge in [0.1, 0.15) is 5.75 Å². The largest absolute Gasteiger partial charge is 0.497 e. The number of piperidine rings is 1. The van der Waals surface area contributed by atoms with Crippen LogP contribution in [-0.2, 0) is 0 Å². The number of nitrogens with zero attached hydrogens (tertiary/aromatic N) is 2. The van der Waals surface area contributed by atoms with Crippen molar-refractivity contribution in [1.29, 1.82) is 0 Å². The maximum absolute atomic E-state index is 10.6. The van der Waals surface area contributed by atoms with Crippen LogP contribution in [-0.4, -0.2) is 61.3 Å². The summed E-state index contributed by atoms with van der Waals surface area (Å²) in [6.45, 7) is 4.22. The Bertz CT molecular complexity index is 425. The van der Waals surface area contributed by atoms with Crippen LogP contribution in [0.3, 0.4) is 0 Å². The molecule has 4 nitrogen and oxygen atoms in total. The Morgan fingerprint density at radius 1 is 1.19 bits per heavy atom. The number of aliphatic hydroxyl groups excluding tert-OH is 1. The van der Waals surface area contributed by atoms with Gasteiger partial charge in [-0.3, -0.25) is 4.90 Å². The maximum Gasteiger partial charge on any atom is 0.118 e. The molecular weight excluding hydrogens is 264 g/mol. The van der Waals surface area contributed by atoms with Gasteiger partial charge in [0.25, 0.3) is 0 Å². The number of hydrogen-bond acceptors (Lipinski definition) is 4. The van der Waals surface area contributed by atoms with Crippen LogP contribution in [0.5, 0.6) is 5.75 Å². The lowest BCUT2D eigenvalue weighted by Gasteiger charge is -2.39. The van der Waals surface area contributed by atoms with E-state index >= 15 is 0 Å². The zero-order valence-corrected chi connectivity index (χ0v) is 13.6. The summed E-state index contributed by atoms with van der Waals surface area (Å²) >= 11 is 0. The number of rotatable bonds is 5. The summed E-state index contributed by atoms with van der Waals surface area (Å²) in [6.07, 6.45) is 1.89. The average molecular weight is 292 g/mol. The van der Waals surface area contributed by atoms with Crippen molar-refractivity contribution in [1.82, 2.24) is 9.80 Å². The number of methoxy groups -OCH3 is 1. The molecule has 1 aromatic carbocycles. The fraction of sp³-hybridized carbons (Fsp3) is 0.647. The minimum atomic E-state index is -0.452. The molecule has 0 aliphatic carbocycles. The number of ether oxygens (including phenoxy) is 1. The van der Waals surface area contributed by atoms with Crippen molar-refractivity contribution in [2.24, 2.45) is 0 Å². The lowest BCUT2D eigenvalue weighted by atomic mass is 9.97. The normalized spacial score (nSPS) is 20.5. The van der Waals surface area contributed by atoms with E-state index in [1.54, 1.807) is 7.11 Å². The van der Waals surface area contributed by atoms with Crippen molar-refractivity contribution >= 4 is 0 Å². The van der Waals surface area contributed by atoms with Crippen LogP contribution in [0, 0.1) is 0 Å². The third-order valence-electron chi connectivity index (χ3n) is 4.72. The summed E-state index contributed by atoms with van der Waals surface area (Å²) in [5, 5.41) is 10.6. The van der Waals surface area contributed by atoms with Gasteiger partial charge in [-0.05, 0) is 51.6 Å². The number of likely N-dealkylation sites (tertiary alicyclic amines) is 1. The molecule has 1 aromatic rings. The van der Waals surface area contributed by atoms with Crippen molar-refractivity contribution in [2.45, 2.75) is 38.0 Å². The quantitative estimate of drug-likeness (QED) is 0.902. The van der Waals surface area contributed by atoms with E-state index in [4.69, 9.17) is 4.74 Å². The molecule has 0 amide bonds. The lowest BCUT2D eigenvalue weighted by Crippen LogP contribution is -2.47. The fourth-order valence-electron chi connectivity index (χ4n) is 3.09. The molecule has 1 heterocycles. The van der Waals surface area contributed by atoms with E-state index in [9.17, 15) is 5.11 Å². The van der Waals surface area contributed by atoms with E-state index in [0.29, 0.717) is 6.04 Å². The van der Waals surface area contributed by atoms with Crippen LogP contribution in [0.25, 0.3) is 0 Å². The Morgan fingerprint density at radius 3 is 2.24 bits per heavy atom. The molecule has 0 radical (unpaired) electrons. The van der Waals surface area contributed by atoms with E-state index in [1.807, 2.05) is 24.3 Å². The van der Waals surface area contributed by atoms with Gasteiger partial charge in [-0.1, -0.05) is 12.1 Å². The zero-order chi connectivity index (χ0) is 15.4. The fourth-order valence-corrected chi connectivity index (χ4v) is 3.09. The van der Waals surface area contributed by atoms with Crippen LogP contribution in [0.15, 0.2) is 24.3 Å². The summed E-state index contributed by atoms with van der Waals surface area (Å²) in [7, 11) is 5.95. The predicted molar refractivity (Wildman–Crippen MR) is 85.7 cm³/mol. The second-order valence-corrected chi connectivity index (χ2v) is 6.19. The zero-order valence-electron chi connectivity index (χ0n) is 13.6. The molecule has 2 rings (SSSR count). The summed E-state index contributed by atoms with van der Waals surface area (Å²) in [6, 6.07) is 8.53. The van der Waals surface area contributed by atoms with Crippen LogP contribution in [0.4, 0.5) is 0 Å². The molecule has 118 valence electrons. The van der Waals surface area contributed by atoms with Crippen molar-refractivity contribution in [2.75, 3.05) is 34.3 Å². The molecule has 0 spiro atoms. The Labute approximate surface area is 128 Å². The van der Waals surface area contributed by atoms with Gasteiger partial charge < -0.3 is 14.7 Å². The molecule has 1 fully saturated rings. The molecule has 0 bridgehead atoms. The van der Waals surface area contributed by atoms with Gasteiger partial charge in [0.05, 0.1) is 13.2 Å². The second kappa shape index (κ2) is 7.25. The summed E-state index contributed by atoms with van der Waals surface area (Å²) < 4.78 is 5.16. The Kier molecular flexibility index (Phi) is 5.62. The van der Waals surface area contributed by atoms with Gasteiger partial charge in [0.2, 0.25) is 0 Å². The van der Waals surface area contributed by atoms with E-state index in [-0.39, 0.29) is 6.04 Å². The van der Waals surface area contributed by atoms with Crippen molar-refractivity contribution in [3.63, 3.8) is 0 Å². The van der Waals surface area contributed by atoms with E-state index in [2.05, 4.69) is 30.8 Å². The first-order valence-corrected chi connectivity index (χ1v) is 7.75. The van der Waals surface area contributed by atoms with Crippen LogP contribution in [0.2, 0.25) is 0 Å². The molecule has 1 N–H and O–H groups in total. The number of benzene rings is 1. The minimum Gasteiger partial charge on any atom is -0.497 e. The molecular formula is C17H28N2O2. The van der Waals surface area contributed by atoms with E-state index in [0.717, 1.165) is 24.4 Å². The van der Waals surface area contributed by atoms with Crippen LogP contribution < -0.4 is 4.74 Å².